The molecule has 0 atom stereocenters. The molecular formula is C33H35NO6. The van der Waals surface area contributed by atoms with Crippen molar-refractivity contribution in [1.29, 1.82) is 0 Å². The largest absolute Gasteiger partial charge is 0.486 e. The van der Waals surface area contributed by atoms with Gasteiger partial charge in [-0.3, -0.25) is 9.59 Å². The number of ether oxygens (including phenoxy) is 3. The summed E-state index contributed by atoms with van der Waals surface area (Å²) in [6.07, 6.45) is 1.59. The Hall–Kier alpha value is -4.39. The first-order valence-electron chi connectivity index (χ1n) is 13.6. The summed E-state index contributed by atoms with van der Waals surface area (Å²) < 4.78 is 18.7. The fourth-order valence-electron chi connectivity index (χ4n) is 4.73. The maximum atomic E-state index is 14.1. The molecule has 0 amide bonds. The molecule has 4 aromatic rings. The number of esters is 1. The Morgan fingerprint density at radius 1 is 0.850 bits per heavy atom. The summed E-state index contributed by atoms with van der Waals surface area (Å²) >= 11 is 0. The van der Waals surface area contributed by atoms with Crippen molar-refractivity contribution in [2.75, 3.05) is 19.8 Å². The van der Waals surface area contributed by atoms with Crippen molar-refractivity contribution in [2.45, 2.75) is 46.6 Å². The number of carbonyl (C=O) groups is 2. The zero-order valence-electron chi connectivity index (χ0n) is 23.3. The van der Waals surface area contributed by atoms with Crippen LogP contribution in [0.2, 0.25) is 0 Å². The molecule has 0 aliphatic rings. The number of pyridine rings is 1. The van der Waals surface area contributed by atoms with E-state index < -0.39 is 5.97 Å². The summed E-state index contributed by atoms with van der Waals surface area (Å²) in [4.78, 5) is 38.5. The molecule has 0 aliphatic heterocycles. The lowest BCUT2D eigenvalue weighted by Gasteiger charge is -2.20. The lowest BCUT2D eigenvalue weighted by Crippen LogP contribution is -2.27. The zero-order valence-corrected chi connectivity index (χ0v) is 23.3. The topological polar surface area (TPSA) is 83.8 Å². The molecule has 0 aliphatic carbocycles. The Labute approximate surface area is 234 Å². The highest BCUT2D eigenvalue weighted by Crippen LogP contribution is 2.35. The summed E-state index contributed by atoms with van der Waals surface area (Å²) in [5, 5.41) is 0.706. The number of benzene rings is 3. The predicted molar refractivity (Wildman–Crippen MR) is 155 cm³/mol. The Morgan fingerprint density at radius 2 is 1.52 bits per heavy atom. The third-order valence-corrected chi connectivity index (χ3v) is 6.66. The number of Topliss-reactive ketones (excluding diaryl/α,β-unsaturated/α-hetero) is 1. The smallest absolute Gasteiger partial charge is 0.344 e. The summed E-state index contributed by atoms with van der Waals surface area (Å²) in [5.41, 5.74) is 3.86. The third-order valence-electron chi connectivity index (χ3n) is 6.66. The van der Waals surface area contributed by atoms with Crippen molar-refractivity contribution >= 4 is 22.7 Å². The zero-order chi connectivity index (χ0) is 28.5. The highest BCUT2D eigenvalue weighted by Gasteiger charge is 2.21. The molecule has 0 saturated carbocycles. The van der Waals surface area contributed by atoms with Crippen LogP contribution in [0.3, 0.4) is 0 Å². The van der Waals surface area contributed by atoms with E-state index in [0.29, 0.717) is 47.4 Å². The van der Waals surface area contributed by atoms with Crippen LogP contribution in [-0.2, 0) is 27.3 Å². The molecule has 0 saturated heterocycles. The van der Waals surface area contributed by atoms with Crippen LogP contribution in [0.1, 0.15) is 48.9 Å². The second-order valence-corrected chi connectivity index (χ2v) is 9.63. The third kappa shape index (κ3) is 6.97. The van der Waals surface area contributed by atoms with E-state index in [-0.39, 0.29) is 31.2 Å². The normalized spacial score (nSPS) is 10.9. The SMILES string of the molecule is CCCC(=O)COc1cc(OCC(=O)OCC)c2c(C)c(Cc3ccccc3)c(=O)n(Cc3ccccc3)c2c1. The van der Waals surface area contributed by atoms with Gasteiger partial charge in [0.2, 0.25) is 0 Å². The van der Waals surface area contributed by atoms with E-state index in [2.05, 4.69) is 0 Å². The number of nitrogens with zero attached hydrogens (tertiary/aromatic N) is 1. The molecule has 0 radical (unpaired) electrons. The Morgan fingerprint density at radius 3 is 2.17 bits per heavy atom. The standard InChI is InChI=1S/C33H35NO6/c1-4-12-26(35)21-39-27-18-29-32(30(19-27)40-22-31(36)38-5-2)23(3)28(17-24-13-8-6-9-14-24)33(37)34(29)20-25-15-10-7-11-16-25/h6-11,13-16,18-19H,4-5,12,17,20-22H2,1-3H3. The highest BCUT2D eigenvalue weighted by atomic mass is 16.6. The molecule has 7 nitrogen and oxygen atoms in total. The van der Waals surface area contributed by atoms with E-state index in [0.717, 1.165) is 23.1 Å². The average molecular weight is 542 g/mol. The summed E-state index contributed by atoms with van der Waals surface area (Å²) in [5.74, 6) is 0.247. The highest BCUT2D eigenvalue weighted by molar-refractivity contribution is 5.91. The van der Waals surface area contributed by atoms with Crippen molar-refractivity contribution in [2.24, 2.45) is 0 Å². The van der Waals surface area contributed by atoms with E-state index in [9.17, 15) is 14.4 Å². The molecule has 208 valence electrons. The number of fused-ring (bicyclic) bond motifs is 1. The predicted octanol–water partition coefficient (Wildman–Crippen LogP) is 5.64. The Bertz CT molecular complexity index is 1530. The average Bonchev–Trinajstić information content (AvgIpc) is 2.96. The van der Waals surface area contributed by atoms with Crippen LogP contribution in [-0.4, -0.2) is 36.1 Å². The van der Waals surface area contributed by atoms with Crippen LogP contribution in [0.15, 0.2) is 77.6 Å². The van der Waals surface area contributed by atoms with Gasteiger partial charge in [0.1, 0.15) is 18.1 Å². The van der Waals surface area contributed by atoms with Gasteiger partial charge in [-0.1, -0.05) is 67.6 Å². The number of hydrogen-bond acceptors (Lipinski definition) is 6. The quantitative estimate of drug-likeness (QED) is 0.204. The molecule has 4 rings (SSSR count). The van der Waals surface area contributed by atoms with E-state index in [1.807, 2.05) is 74.5 Å². The van der Waals surface area contributed by atoms with Crippen LogP contribution in [0.25, 0.3) is 10.9 Å². The van der Waals surface area contributed by atoms with Gasteiger partial charge in [-0.2, -0.15) is 0 Å². The number of rotatable bonds is 13. The van der Waals surface area contributed by atoms with Crippen molar-refractivity contribution in [3.8, 4) is 11.5 Å². The summed E-state index contributed by atoms with van der Waals surface area (Å²) in [7, 11) is 0. The number of aryl methyl sites for hydroxylation is 1. The molecule has 1 heterocycles. The van der Waals surface area contributed by atoms with Gasteiger partial charge in [0.05, 0.1) is 18.7 Å². The fraction of sp³-hybridized carbons (Fsp3) is 0.303. The van der Waals surface area contributed by atoms with Crippen molar-refractivity contribution < 1.29 is 23.8 Å². The van der Waals surface area contributed by atoms with Gasteiger partial charge in [0.25, 0.3) is 5.56 Å². The number of hydrogen-bond donors (Lipinski definition) is 0. The molecule has 0 spiro atoms. The fourth-order valence-corrected chi connectivity index (χ4v) is 4.73. The molecule has 3 aromatic carbocycles. The molecule has 7 heteroatoms. The molecule has 0 fully saturated rings. The first kappa shape index (κ1) is 28.6. The molecule has 0 unspecified atom stereocenters. The van der Waals surface area contributed by atoms with Gasteiger partial charge in [-0.25, -0.2) is 4.79 Å². The minimum atomic E-state index is -0.500. The molecule has 0 bridgehead atoms. The van der Waals surface area contributed by atoms with Crippen LogP contribution >= 0.6 is 0 Å². The lowest BCUT2D eigenvalue weighted by atomic mass is 9.97. The second-order valence-electron chi connectivity index (χ2n) is 9.63. The first-order chi connectivity index (χ1) is 19.4. The Kier molecular flexibility index (Phi) is 9.73. The maximum Gasteiger partial charge on any atom is 0.344 e. The van der Waals surface area contributed by atoms with Crippen LogP contribution in [0, 0.1) is 6.92 Å². The lowest BCUT2D eigenvalue weighted by molar-refractivity contribution is -0.145. The molecule has 0 N–H and O–H groups in total. The summed E-state index contributed by atoms with van der Waals surface area (Å²) in [6.45, 7) is 5.75. The molecular weight excluding hydrogens is 506 g/mol. The van der Waals surface area contributed by atoms with Gasteiger partial charge in [-0.15, -0.1) is 0 Å². The maximum absolute atomic E-state index is 14.1. The number of aromatic nitrogens is 1. The second kappa shape index (κ2) is 13.6. The van der Waals surface area contributed by atoms with E-state index >= 15 is 0 Å². The van der Waals surface area contributed by atoms with Crippen LogP contribution in [0.5, 0.6) is 11.5 Å². The van der Waals surface area contributed by atoms with Gasteiger partial charge < -0.3 is 18.8 Å². The molecule has 1 aromatic heterocycles. The van der Waals surface area contributed by atoms with Crippen LogP contribution < -0.4 is 15.0 Å². The van der Waals surface area contributed by atoms with E-state index in [1.54, 1.807) is 23.6 Å². The van der Waals surface area contributed by atoms with Gasteiger partial charge in [-0.05, 0) is 37.0 Å². The monoisotopic (exact) mass is 541 g/mol. The van der Waals surface area contributed by atoms with Gasteiger partial charge >= 0.3 is 5.97 Å². The van der Waals surface area contributed by atoms with Crippen molar-refractivity contribution in [3.05, 3.63) is 105 Å². The van der Waals surface area contributed by atoms with Gasteiger partial charge in [0, 0.05) is 35.9 Å². The summed E-state index contributed by atoms with van der Waals surface area (Å²) in [6, 6.07) is 23.0. The number of ketones is 1. The van der Waals surface area contributed by atoms with E-state index in [4.69, 9.17) is 14.2 Å². The first-order valence-corrected chi connectivity index (χ1v) is 13.6. The van der Waals surface area contributed by atoms with E-state index in [1.165, 1.54) is 0 Å². The minimum Gasteiger partial charge on any atom is -0.486 e. The number of carbonyl (C=O) groups excluding carboxylic acids is 2. The molecule has 40 heavy (non-hydrogen) atoms. The van der Waals surface area contributed by atoms with Crippen LogP contribution in [0.4, 0.5) is 0 Å². The minimum absolute atomic E-state index is 0.0207. The van der Waals surface area contributed by atoms with Crippen molar-refractivity contribution in [1.82, 2.24) is 4.57 Å². The van der Waals surface area contributed by atoms with Crippen molar-refractivity contribution in [3.63, 3.8) is 0 Å². The Balaban J connectivity index is 1.91. The van der Waals surface area contributed by atoms with Gasteiger partial charge in [0.15, 0.2) is 12.4 Å².